The normalized spacial score (nSPS) is 14.1. The van der Waals surface area contributed by atoms with Gasteiger partial charge in [0.25, 0.3) is 5.91 Å². The second-order valence-corrected chi connectivity index (χ2v) is 8.27. The van der Waals surface area contributed by atoms with Crippen LogP contribution in [0.5, 0.6) is 0 Å². The van der Waals surface area contributed by atoms with Gasteiger partial charge >= 0.3 is 0 Å². The standard InChI is InChI=1S/C20H20ClN5O2S/c21-14-5-3-4-13(8-14)20-25-17(12-29-20)19(28)24-16-9-22-26(10-16)11-18(27)23-15-6-1-2-7-15/h3-5,8-10,12,15H,1-2,6-7,11H2,(H,23,27)(H,24,28). The molecule has 1 fully saturated rings. The fourth-order valence-electron chi connectivity index (χ4n) is 3.33. The fourth-order valence-corrected chi connectivity index (χ4v) is 4.32. The van der Waals surface area contributed by atoms with E-state index in [1.54, 1.807) is 17.6 Å². The molecule has 0 radical (unpaired) electrons. The van der Waals surface area contributed by atoms with Crippen LogP contribution in [0.15, 0.2) is 42.0 Å². The summed E-state index contributed by atoms with van der Waals surface area (Å²) in [6, 6.07) is 7.61. The van der Waals surface area contributed by atoms with Crippen LogP contribution in [0, 0.1) is 0 Å². The van der Waals surface area contributed by atoms with Gasteiger partial charge in [-0.3, -0.25) is 14.3 Å². The maximum atomic E-state index is 12.5. The van der Waals surface area contributed by atoms with E-state index in [2.05, 4.69) is 20.7 Å². The van der Waals surface area contributed by atoms with Crippen molar-refractivity contribution in [3.8, 4) is 10.6 Å². The number of aromatic nitrogens is 3. The van der Waals surface area contributed by atoms with Gasteiger partial charge in [-0.2, -0.15) is 5.10 Å². The maximum absolute atomic E-state index is 12.5. The largest absolute Gasteiger partial charge is 0.352 e. The van der Waals surface area contributed by atoms with E-state index in [4.69, 9.17) is 11.6 Å². The summed E-state index contributed by atoms with van der Waals surface area (Å²) < 4.78 is 1.51. The highest BCUT2D eigenvalue weighted by molar-refractivity contribution is 7.13. The summed E-state index contributed by atoms with van der Waals surface area (Å²) in [5.74, 6) is -0.395. The van der Waals surface area contributed by atoms with E-state index in [9.17, 15) is 9.59 Å². The molecule has 2 heterocycles. The van der Waals surface area contributed by atoms with Crippen LogP contribution >= 0.6 is 22.9 Å². The summed E-state index contributed by atoms with van der Waals surface area (Å²) >= 11 is 7.39. The third-order valence-corrected chi connectivity index (χ3v) is 5.85. The minimum Gasteiger partial charge on any atom is -0.352 e. The lowest BCUT2D eigenvalue weighted by Crippen LogP contribution is -2.35. The quantitative estimate of drug-likeness (QED) is 0.620. The number of thiazole rings is 1. The zero-order chi connectivity index (χ0) is 20.2. The lowest BCUT2D eigenvalue weighted by molar-refractivity contribution is -0.122. The molecule has 1 aliphatic rings. The minimum absolute atomic E-state index is 0.0662. The van der Waals surface area contributed by atoms with Gasteiger partial charge in [-0.25, -0.2) is 4.98 Å². The zero-order valence-electron chi connectivity index (χ0n) is 15.6. The molecule has 0 unspecified atom stereocenters. The number of carbonyl (C=O) groups excluding carboxylic acids is 2. The first kappa shape index (κ1) is 19.6. The van der Waals surface area contributed by atoms with Crippen molar-refractivity contribution < 1.29 is 9.59 Å². The van der Waals surface area contributed by atoms with Crippen LogP contribution in [0.4, 0.5) is 5.69 Å². The fraction of sp³-hybridized carbons (Fsp3) is 0.300. The highest BCUT2D eigenvalue weighted by Gasteiger charge is 2.18. The van der Waals surface area contributed by atoms with Crippen molar-refractivity contribution in [1.29, 1.82) is 0 Å². The molecule has 0 saturated heterocycles. The lowest BCUT2D eigenvalue weighted by Gasteiger charge is -2.11. The van der Waals surface area contributed by atoms with Crippen LogP contribution in [-0.2, 0) is 11.3 Å². The number of hydrogen-bond donors (Lipinski definition) is 2. The average Bonchev–Trinajstić information content (AvgIpc) is 3.44. The highest BCUT2D eigenvalue weighted by atomic mass is 35.5. The molecular weight excluding hydrogens is 410 g/mol. The number of nitrogens with zero attached hydrogens (tertiary/aromatic N) is 3. The number of carbonyl (C=O) groups is 2. The van der Waals surface area contributed by atoms with E-state index in [1.165, 1.54) is 35.1 Å². The van der Waals surface area contributed by atoms with Crippen LogP contribution in [-0.4, -0.2) is 32.6 Å². The molecule has 0 aliphatic heterocycles. The van der Waals surface area contributed by atoms with Crippen LogP contribution in [0.25, 0.3) is 10.6 Å². The molecule has 7 nitrogen and oxygen atoms in total. The smallest absolute Gasteiger partial charge is 0.275 e. The molecule has 4 rings (SSSR count). The van der Waals surface area contributed by atoms with Gasteiger partial charge in [0.2, 0.25) is 5.91 Å². The number of halogens is 1. The Morgan fingerprint density at radius 1 is 1.28 bits per heavy atom. The summed E-state index contributed by atoms with van der Waals surface area (Å²) in [4.78, 5) is 29.0. The third-order valence-electron chi connectivity index (χ3n) is 4.73. The van der Waals surface area contributed by atoms with Gasteiger partial charge in [0, 0.05) is 28.2 Å². The summed E-state index contributed by atoms with van der Waals surface area (Å²) in [6.45, 7) is 0.127. The van der Waals surface area contributed by atoms with E-state index in [-0.39, 0.29) is 24.4 Å². The Morgan fingerprint density at radius 3 is 2.90 bits per heavy atom. The van der Waals surface area contributed by atoms with Gasteiger partial charge < -0.3 is 10.6 Å². The summed E-state index contributed by atoms with van der Waals surface area (Å²) in [5, 5.41) is 13.0. The first-order valence-corrected chi connectivity index (χ1v) is 10.7. The number of benzene rings is 1. The molecule has 1 aliphatic carbocycles. The summed E-state index contributed by atoms with van der Waals surface area (Å²) in [5.41, 5.74) is 1.69. The van der Waals surface area contributed by atoms with Crippen molar-refractivity contribution in [1.82, 2.24) is 20.1 Å². The molecule has 0 bridgehead atoms. The van der Waals surface area contributed by atoms with Crippen LogP contribution in [0.1, 0.15) is 36.2 Å². The van der Waals surface area contributed by atoms with E-state index in [0.29, 0.717) is 16.4 Å². The van der Waals surface area contributed by atoms with Gasteiger partial charge in [-0.15, -0.1) is 11.3 Å². The molecule has 9 heteroatoms. The van der Waals surface area contributed by atoms with E-state index in [1.807, 2.05) is 18.2 Å². The molecule has 2 N–H and O–H groups in total. The van der Waals surface area contributed by atoms with Gasteiger partial charge in [-0.05, 0) is 25.0 Å². The number of amides is 2. The summed E-state index contributed by atoms with van der Waals surface area (Å²) in [7, 11) is 0. The van der Waals surface area contributed by atoms with Crippen molar-refractivity contribution in [3.05, 3.63) is 52.8 Å². The Kier molecular flexibility index (Phi) is 5.92. The van der Waals surface area contributed by atoms with Crippen LogP contribution in [0.2, 0.25) is 5.02 Å². The molecule has 1 aromatic carbocycles. The Hall–Kier alpha value is -2.71. The first-order chi connectivity index (χ1) is 14.1. The Bertz CT molecular complexity index is 1030. The second-order valence-electron chi connectivity index (χ2n) is 6.98. The first-order valence-electron chi connectivity index (χ1n) is 9.41. The Morgan fingerprint density at radius 2 is 2.10 bits per heavy atom. The van der Waals surface area contributed by atoms with E-state index < -0.39 is 0 Å². The van der Waals surface area contributed by atoms with Crippen molar-refractivity contribution in [2.75, 3.05) is 5.32 Å². The molecule has 29 heavy (non-hydrogen) atoms. The Labute approximate surface area is 177 Å². The number of hydrogen-bond acceptors (Lipinski definition) is 5. The van der Waals surface area contributed by atoms with Crippen molar-refractivity contribution in [2.24, 2.45) is 0 Å². The van der Waals surface area contributed by atoms with Crippen LogP contribution in [0.3, 0.4) is 0 Å². The number of rotatable bonds is 6. The van der Waals surface area contributed by atoms with Crippen molar-refractivity contribution in [3.63, 3.8) is 0 Å². The topological polar surface area (TPSA) is 88.9 Å². The maximum Gasteiger partial charge on any atom is 0.275 e. The monoisotopic (exact) mass is 429 g/mol. The molecule has 2 amide bonds. The molecular formula is C20H20ClN5O2S. The third kappa shape index (κ3) is 5.02. The molecule has 0 spiro atoms. The lowest BCUT2D eigenvalue weighted by atomic mass is 10.2. The highest BCUT2D eigenvalue weighted by Crippen LogP contribution is 2.26. The molecule has 0 atom stereocenters. The molecule has 3 aromatic rings. The van der Waals surface area contributed by atoms with E-state index in [0.717, 1.165) is 23.4 Å². The second kappa shape index (κ2) is 8.75. The van der Waals surface area contributed by atoms with Gasteiger partial charge in [-0.1, -0.05) is 36.6 Å². The van der Waals surface area contributed by atoms with Crippen molar-refractivity contribution >= 4 is 40.4 Å². The average molecular weight is 430 g/mol. The Balaban J connectivity index is 1.35. The predicted octanol–water partition coefficient (Wildman–Crippen LogP) is 3.97. The predicted molar refractivity (Wildman–Crippen MR) is 113 cm³/mol. The molecule has 1 saturated carbocycles. The SMILES string of the molecule is O=C(Cn1cc(NC(=O)c2csc(-c3cccc(Cl)c3)n2)cn1)NC1CCCC1. The van der Waals surface area contributed by atoms with Gasteiger partial charge in [0.15, 0.2) is 0 Å². The van der Waals surface area contributed by atoms with Gasteiger partial charge in [0.1, 0.15) is 17.2 Å². The van der Waals surface area contributed by atoms with E-state index >= 15 is 0 Å². The summed E-state index contributed by atoms with van der Waals surface area (Å²) in [6.07, 6.45) is 7.56. The minimum atomic E-state index is -0.329. The molecule has 150 valence electrons. The number of anilines is 1. The molecule has 2 aromatic heterocycles. The van der Waals surface area contributed by atoms with Gasteiger partial charge in [0.05, 0.1) is 11.9 Å². The van der Waals surface area contributed by atoms with Crippen LogP contribution < -0.4 is 10.6 Å². The zero-order valence-corrected chi connectivity index (χ0v) is 17.2. The number of nitrogens with one attached hydrogen (secondary N) is 2. The van der Waals surface area contributed by atoms with Crippen molar-refractivity contribution in [2.45, 2.75) is 38.3 Å².